The Hall–Kier alpha value is -0.820. The van der Waals surface area contributed by atoms with Crippen LogP contribution in [0.2, 0.25) is 0 Å². The fourth-order valence-corrected chi connectivity index (χ4v) is 1.66. The Kier molecular flexibility index (Phi) is 3.92. The molecule has 0 radical (unpaired) electrons. The second-order valence-electron chi connectivity index (χ2n) is 4.75. The molecule has 0 amide bonds. The summed E-state index contributed by atoms with van der Waals surface area (Å²) in [6, 6.07) is 8.31. The third kappa shape index (κ3) is 2.82. The highest BCUT2D eigenvalue weighted by Crippen LogP contribution is 2.29. The summed E-state index contributed by atoms with van der Waals surface area (Å²) >= 11 is 0. The Balaban J connectivity index is 2.99. The van der Waals surface area contributed by atoms with E-state index < -0.39 is 5.60 Å². The lowest BCUT2D eigenvalue weighted by molar-refractivity contribution is 0.00898. The van der Waals surface area contributed by atoms with Crippen molar-refractivity contribution >= 4 is 0 Å². The third-order valence-electron chi connectivity index (χ3n) is 3.17. The molecule has 1 N–H and O–H groups in total. The van der Waals surface area contributed by atoms with Crippen molar-refractivity contribution in [3.05, 3.63) is 35.4 Å². The topological polar surface area (TPSA) is 20.2 Å². The van der Waals surface area contributed by atoms with Crippen LogP contribution in [0, 0.1) is 5.92 Å². The molecule has 0 aliphatic heterocycles. The van der Waals surface area contributed by atoms with Crippen molar-refractivity contribution in [1.29, 1.82) is 0 Å². The van der Waals surface area contributed by atoms with E-state index in [4.69, 9.17) is 0 Å². The van der Waals surface area contributed by atoms with E-state index in [0.717, 1.165) is 18.4 Å². The van der Waals surface area contributed by atoms with Crippen LogP contribution in [0.4, 0.5) is 0 Å². The Morgan fingerprint density at radius 3 is 2.53 bits per heavy atom. The first-order valence-electron chi connectivity index (χ1n) is 5.80. The second kappa shape index (κ2) is 4.80. The van der Waals surface area contributed by atoms with Crippen LogP contribution in [0.5, 0.6) is 0 Å². The molecule has 1 nitrogen and oxygen atoms in total. The average Bonchev–Trinajstić information content (AvgIpc) is 2.18. The first-order valence-corrected chi connectivity index (χ1v) is 5.80. The minimum Gasteiger partial charge on any atom is -0.385 e. The molecule has 15 heavy (non-hydrogen) atoms. The Bertz CT molecular complexity index is 313. The van der Waals surface area contributed by atoms with E-state index in [-0.39, 0.29) is 5.92 Å². The number of aliphatic hydroxyl groups is 1. The van der Waals surface area contributed by atoms with E-state index in [1.807, 2.05) is 32.9 Å². The average molecular weight is 206 g/mol. The minimum atomic E-state index is -0.719. The molecule has 0 fully saturated rings. The molecule has 0 bridgehead atoms. The van der Waals surface area contributed by atoms with Gasteiger partial charge in [-0.1, -0.05) is 51.5 Å². The fraction of sp³-hybridized carbons (Fsp3) is 0.571. The highest BCUT2D eigenvalue weighted by atomic mass is 16.3. The zero-order valence-corrected chi connectivity index (χ0v) is 10.2. The number of hydrogen-bond donors (Lipinski definition) is 1. The summed E-state index contributed by atoms with van der Waals surface area (Å²) in [5.74, 6) is 0.231. The van der Waals surface area contributed by atoms with Crippen LogP contribution in [0.3, 0.4) is 0 Å². The molecule has 0 heterocycles. The van der Waals surface area contributed by atoms with Crippen molar-refractivity contribution in [2.75, 3.05) is 0 Å². The maximum Gasteiger partial charge on any atom is 0.0891 e. The van der Waals surface area contributed by atoms with Gasteiger partial charge in [0.1, 0.15) is 0 Å². The van der Waals surface area contributed by atoms with Crippen LogP contribution in [0.1, 0.15) is 45.2 Å². The van der Waals surface area contributed by atoms with E-state index in [0.29, 0.717) is 0 Å². The highest BCUT2D eigenvalue weighted by Gasteiger charge is 2.26. The number of rotatable bonds is 4. The molecule has 0 saturated carbocycles. The predicted molar refractivity (Wildman–Crippen MR) is 64.8 cm³/mol. The lowest BCUT2D eigenvalue weighted by Crippen LogP contribution is -2.27. The van der Waals surface area contributed by atoms with Gasteiger partial charge in [-0.2, -0.15) is 0 Å². The normalized spacial score (nSPS) is 15.3. The van der Waals surface area contributed by atoms with Crippen molar-refractivity contribution in [1.82, 2.24) is 0 Å². The summed E-state index contributed by atoms with van der Waals surface area (Å²) in [6.45, 7) is 8.16. The van der Waals surface area contributed by atoms with Crippen LogP contribution < -0.4 is 0 Å². The first-order chi connectivity index (χ1) is 6.98. The van der Waals surface area contributed by atoms with Gasteiger partial charge in [-0.3, -0.25) is 0 Å². The number of aryl methyl sites for hydroxylation is 1. The summed E-state index contributed by atoms with van der Waals surface area (Å²) < 4.78 is 0. The molecule has 84 valence electrons. The van der Waals surface area contributed by atoms with Gasteiger partial charge in [0, 0.05) is 0 Å². The van der Waals surface area contributed by atoms with E-state index >= 15 is 0 Å². The van der Waals surface area contributed by atoms with Gasteiger partial charge >= 0.3 is 0 Å². The first kappa shape index (κ1) is 12.3. The van der Waals surface area contributed by atoms with E-state index in [1.165, 1.54) is 5.56 Å². The quantitative estimate of drug-likeness (QED) is 0.799. The van der Waals surface area contributed by atoms with E-state index in [9.17, 15) is 5.11 Å². The standard InChI is InChI=1S/C14H22O/c1-5-7-12-8-6-9-13(10-12)14(4,15)11(2)3/h6,8-11,15H,5,7H2,1-4H3. The molecule has 0 aromatic heterocycles. The van der Waals surface area contributed by atoms with Crippen molar-refractivity contribution in [2.24, 2.45) is 5.92 Å². The molecule has 1 aromatic rings. The zero-order valence-electron chi connectivity index (χ0n) is 10.2. The number of hydrogen-bond acceptors (Lipinski definition) is 1. The molecule has 0 aliphatic carbocycles. The summed E-state index contributed by atoms with van der Waals surface area (Å²) in [5, 5.41) is 10.4. The fourth-order valence-electron chi connectivity index (χ4n) is 1.66. The van der Waals surface area contributed by atoms with Crippen LogP contribution >= 0.6 is 0 Å². The van der Waals surface area contributed by atoms with Crippen LogP contribution in [0.25, 0.3) is 0 Å². The highest BCUT2D eigenvalue weighted by molar-refractivity contribution is 5.28. The molecular weight excluding hydrogens is 184 g/mol. The molecule has 0 saturated heterocycles. The molecule has 1 rings (SSSR count). The molecule has 0 aliphatic rings. The van der Waals surface area contributed by atoms with Gasteiger partial charge in [0.2, 0.25) is 0 Å². The smallest absolute Gasteiger partial charge is 0.0891 e. The largest absolute Gasteiger partial charge is 0.385 e. The van der Waals surface area contributed by atoms with Gasteiger partial charge in [-0.05, 0) is 30.4 Å². The van der Waals surface area contributed by atoms with E-state index in [1.54, 1.807) is 0 Å². The predicted octanol–water partition coefficient (Wildman–Crippen LogP) is 3.50. The molecule has 0 spiro atoms. The van der Waals surface area contributed by atoms with Crippen molar-refractivity contribution in [3.63, 3.8) is 0 Å². The summed E-state index contributed by atoms with van der Waals surface area (Å²) in [6.07, 6.45) is 2.23. The number of benzene rings is 1. The summed E-state index contributed by atoms with van der Waals surface area (Å²) in [5.41, 5.74) is 1.63. The van der Waals surface area contributed by atoms with Gasteiger partial charge in [-0.25, -0.2) is 0 Å². The molecule has 1 atom stereocenters. The lowest BCUT2D eigenvalue weighted by atomic mass is 9.84. The minimum absolute atomic E-state index is 0.231. The molecular formula is C14H22O. The van der Waals surface area contributed by atoms with Crippen LogP contribution in [0.15, 0.2) is 24.3 Å². The van der Waals surface area contributed by atoms with Gasteiger partial charge in [0.25, 0.3) is 0 Å². The van der Waals surface area contributed by atoms with Gasteiger partial charge in [-0.15, -0.1) is 0 Å². The van der Waals surface area contributed by atoms with E-state index in [2.05, 4.69) is 19.1 Å². The van der Waals surface area contributed by atoms with Gasteiger partial charge < -0.3 is 5.11 Å². The van der Waals surface area contributed by atoms with Crippen LogP contribution in [-0.4, -0.2) is 5.11 Å². The zero-order chi connectivity index (χ0) is 11.5. The third-order valence-corrected chi connectivity index (χ3v) is 3.17. The van der Waals surface area contributed by atoms with Gasteiger partial charge in [0.05, 0.1) is 5.60 Å². The summed E-state index contributed by atoms with van der Waals surface area (Å²) in [7, 11) is 0. The second-order valence-corrected chi connectivity index (χ2v) is 4.75. The van der Waals surface area contributed by atoms with Crippen molar-refractivity contribution in [3.8, 4) is 0 Å². The molecule has 1 aromatic carbocycles. The molecule has 1 heteroatoms. The maximum absolute atomic E-state index is 10.4. The Morgan fingerprint density at radius 1 is 1.33 bits per heavy atom. The maximum atomic E-state index is 10.4. The van der Waals surface area contributed by atoms with Gasteiger partial charge in [0.15, 0.2) is 0 Å². The van der Waals surface area contributed by atoms with Crippen LogP contribution in [-0.2, 0) is 12.0 Å². The molecule has 1 unspecified atom stereocenters. The monoisotopic (exact) mass is 206 g/mol. The van der Waals surface area contributed by atoms with Crippen molar-refractivity contribution < 1.29 is 5.11 Å². The lowest BCUT2D eigenvalue weighted by Gasteiger charge is -2.28. The Labute approximate surface area is 93.1 Å². The summed E-state index contributed by atoms with van der Waals surface area (Å²) in [4.78, 5) is 0. The SMILES string of the molecule is CCCc1cccc(C(C)(O)C(C)C)c1. The van der Waals surface area contributed by atoms with Crippen molar-refractivity contribution in [2.45, 2.75) is 46.1 Å². The Morgan fingerprint density at radius 2 is 2.00 bits per heavy atom.